The maximum atomic E-state index is 13.1. The normalized spacial score (nSPS) is 18.0. The Kier molecular flexibility index (Phi) is 4.97. The number of anilines is 2. The molecule has 0 saturated carbocycles. The SMILES string of the molecule is Nc1ccc2c(c1)N(CC(=O)N1CCCCC1)C(=O)/C(=C\c1ccccn1)O2. The number of benzene rings is 1. The van der Waals surface area contributed by atoms with Crippen LogP contribution in [0.3, 0.4) is 0 Å². The molecule has 3 heterocycles. The summed E-state index contributed by atoms with van der Waals surface area (Å²) in [6.07, 6.45) is 6.36. The van der Waals surface area contributed by atoms with Crippen LogP contribution in [0.25, 0.3) is 6.08 Å². The van der Waals surface area contributed by atoms with Crippen LogP contribution in [0.5, 0.6) is 5.75 Å². The Hall–Kier alpha value is -3.35. The third kappa shape index (κ3) is 3.69. The summed E-state index contributed by atoms with van der Waals surface area (Å²) in [7, 11) is 0. The van der Waals surface area contributed by atoms with Gasteiger partial charge < -0.3 is 15.4 Å². The molecule has 2 amide bonds. The second kappa shape index (κ2) is 7.72. The highest BCUT2D eigenvalue weighted by atomic mass is 16.5. The van der Waals surface area contributed by atoms with Gasteiger partial charge in [0.05, 0.1) is 11.4 Å². The quantitative estimate of drug-likeness (QED) is 0.655. The number of likely N-dealkylation sites (tertiary alicyclic amines) is 1. The van der Waals surface area contributed by atoms with E-state index in [0.29, 0.717) is 22.8 Å². The predicted molar refractivity (Wildman–Crippen MR) is 106 cm³/mol. The van der Waals surface area contributed by atoms with E-state index in [1.54, 1.807) is 42.6 Å². The number of aromatic nitrogens is 1. The minimum atomic E-state index is -0.380. The maximum Gasteiger partial charge on any atom is 0.294 e. The van der Waals surface area contributed by atoms with Gasteiger partial charge in [0, 0.05) is 31.0 Å². The molecule has 1 saturated heterocycles. The third-order valence-corrected chi connectivity index (χ3v) is 4.92. The Morgan fingerprint density at radius 2 is 2.00 bits per heavy atom. The van der Waals surface area contributed by atoms with Crippen LogP contribution in [-0.4, -0.2) is 41.3 Å². The van der Waals surface area contributed by atoms with Crippen molar-refractivity contribution in [3.05, 3.63) is 54.0 Å². The van der Waals surface area contributed by atoms with Gasteiger partial charge in [-0.05, 0) is 49.6 Å². The molecule has 0 radical (unpaired) electrons. The first-order chi connectivity index (χ1) is 13.6. The van der Waals surface area contributed by atoms with Crippen LogP contribution in [0.4, 0.5) is 11.4 Å². The summed E-state index contributed by atoms with van der Waals surface area (Å²) < 4.78 is 5.81. The molecule has 4 rings (SSSR count). The highest BCUT2D eigenvalue weighted by Gasteiger charge is 2.33. The van der Waals surface area contributed by atoms with Gasteiger partial charge in [-0.3, -0.25) is 19.5 Å². The fourth-order valence-electron chi connectivity index (χ4n) is 3.46. The van der Waals surface area contributed by atoms with Crippen molar-refractivity contribution >= 4 is 29.3 Å². The number of amides is 2. The summed E-state index contributed by atoms with van der Waals surface area (Å²) in [6.45, 7) is 1.42. The van der Waals surface area contributed by atoms with Gasteiger partial charge in [0.15, 0.2) is 11.5 Å². The van der Waals surface area contributed by atoms with Crippen LogP contribution in [0.2, 0.25) is 0 Å². The molecule has 7 heteroatoms. The van der Waals surface area contributed by atoms with Crippen molar-refractivity contribution in [3.63, 3.8) is 0 Å². The number of hydrogen-bond donors (Lipinski definition) is 1. The van der Waals surface area contributed by atoms with Crippen LogP contribution >= 0.6 is 0 Å². The summed E-state index contributed by atoms with van der Waals surface area (Å²) in [6, 6.07) is 10.5. The summed E-state index contributed by atoms with van der Waals surface area (Å²) >= 11 is 0. The maximum absolute atomic E-state index is 13.1. The molecule has 28 heavy (non-hydrogen) atoms. The number of hydrogen-bond acceptors (Lipinski definition) is 5. The third-order valence-electron chi connectivity index (χ3n) is 4.92. The second-order valence-corrected chi connectivity index (χ2v) is 6.93. The molecule has 1 aromatic heterocycles. The molecule has 0 spiro atoms. The van der Waals surface area contributed by atoms with Crippen LogP contribution < -0.4 is 15.4 Å². The molecule has 2 aliphatic rings. The van der Waals surface area contributed by atoms with E-state index in [0.717, 1.165) is 32.4 Å². The zero-order chi connectivity index (χ0) is 19.5. The lowest BCUT2D eigenvalue weighted by Crippen LogP contribution is -2.47. The van der Waals surface area contributed by atoms with Gasteiger partial charge in [-0.2, -0.15) is 0 Å². The first kappa shape index (κ1) is 18.0. The Bertz CT molecular complexity index is 921. The lowest BCUT2D eigenvalue weighted by atomic mass is 10.1. The molecule has 2 aliphatic heterocycles. The minimum absolute atomic E-state index is 0.0434. The van der Waals surface area contributed by atoms with E-state index in [9.17, 15) is 9.59 Å². The molecule has 1 aromatic carbocycles. The first-order valence-corrected chi connectivity index (χ1v) is 9.41. The van der Waals surface area contributed by atoms with Gasteiger partial charge in [0.25, 0.3) is 5.91 Å². The Balaban J connectivity index is 1.66. The van der Waals surface area contributed by atoms with E-state index in [4.69, 9.17) is 10.5 Å². The number of carbonyl (C=O) groups is 2. The number of ether oxygens (including phenoxy) is 1. The summed E-state index contributed by atoms with van der Waals surface area (Å²) in [5.41, 5.74) is 7.52. The highest BCUT2D eigenvalue weighted by molar-refractivity contribution is 6.12. The fourth-order valence-corrected chi connectivity index (χ4v) is 3.46. The Morgan fingerprint density at radius 1 is 1.18 bits per heavy atom. The van der Waals surface area contributed by atoms with Crippen molar-refractivity contribution < 1.29 is 14.3 Å². The fraction of sp³-hybridized carbons (Fsp3) is 0.286. The van der Waals surface area contributed by atoms with Crippen LogP contribution in [-0.2, 0) is 9.59 Å². The van der Waals surface area contributed by atoms with Crippen molar-refractivity contribution in [2.24, 2.45) is 0 Å². The molecule has 2 aromatic rings. The minimum Gasteiger partial charge on any atom is -0.449 e. The Labute approximate surface area is 163 Å². The van der Waals surface area contributed by atoms with E-state index in [1.165, 1.54) is 4.90 Å². The Morgan fingerprint density at radius 3 is 2.75 bits per heavy atom. The van der Waals surface area contributed by atoms with Gasteiger partial charge in [-0.25, -0.2) is 0 Å². The first-order valence-electron chi connectivity index (χ1n) is 9.41. The smallest absolute Gasteiger partial charge is 0.294 e. The molecule has 0 unspecified atom stereocenters. The number of nitrogens with two attached hydrogens (primary N) is 1. The number of nitrogen functional groups attached to an aromatic ring is 1. The molecular formula is C21H22N4O3. The van der Waals surface area contributed by atoms with E-state index in [-0.39, 0.29) is 24.1 Å². The number of rotatable bonds is 3. The van der Waals surface area contributed by atoms with Crippen molar-refractivity contribution in [1.29, 1.82) is 0 Å². The summed E-state index contributed by atoms with van der Waals surface area (Å²) in [5, 5.41) is 0. The van der Waals surface area contributed by atoms with Crippen molar-refractivity contribution in [2.75, 3.05) is 30.3 Å². The van der Waals surface area contributed by atoms with Crippen LogP contribution in [0.1, 0.15) is 25.0 Å². The standard InChI is InChI=1S/C21H22N4O3/c22-15-7-8-18-17(12-15)25(14-20(26)24-10-4-1-5-11-24)21(27)19(28-18)13-16-6-2-3-9-23-16/h2-3,6-9,12-13H,1,4-5,10-11,14,22H2/b19-13+. The molecule has 0 aliphatic carbocycles. The van der Waals surface area contributed by atoms with Gasteiger partial charge in [-0.15, -0.1) is 0 Å². The lowest BCUT2D eigenvalue weighted by molar-refractivity contribution is -0.132. The molecule has 1 fully saturated rings. The summed E-state index contributed by atoms with van der Waals surface area (Å²) in [4.78, 5) is 33.4. The molecule has 144 valence electrons. The van der Waals surface area contributed by atoms with E-state index >= 15 is 0 Å². The molecular weight excluding hydrogens is 356 g/mol. The number of pyridine rings is 1. The number of piperidine rings is 1. The van der Waals surface area contributed by atoms with Gasteiger partial charge in [-0.1, -0.05) is 6.07 Å². The number of fused-ring (bicyclic) bond motifs is 1. The summed E-state index contributed by atoms with van der Waals surface area (Å²) in [5.74, 6) is 0.166. The average molecular weight is 378 g/mol. The largest absolute Gasteiger partial charge is 0.449 e. The second-order valence-electron chi connectivity index (χ2n) is 6.93. The zero-order valence-corrected chi connectivity index (χ0v) is 15.5. The molecule has 0 bridgehead atoms. The monoisotopic (exact) mass is 378 g/mol. The van der Waals surface area contributed by atoms with Crippen molar-refractivity contribution in [3.8, 4) is 5.75 Å². The zero-order valence-electron chi connectivity index (χ0n) is 15.5. The van der Waals surface area contributed by atoms with E-state index in [1.807, 2.05) is 11.0 Å². The number of nitrogens with zero attached hydrogens (tertiary/aromatic N) is 3. The van der Waals surface area contributed by atoms with Crippen molar-refractivity contribution in [1.82, 2.24) is 9.88 Å². The topological polar surface area (TPSA) is 88.8 Å². The number of carbonyl (C=O) groups excluding carboxylic acids is 2. The van der Waals surface area contributed by atoms with Crippen LogP contribution in [0.15, 0.2) is 48.4 Å². The average Bonchev–Trinajstić information content (AvgIpc) is 2.73. The van der Waals surface area contributed by atoms with E-state index < -0.39 is 0 Å². The predicted octanol–water partition coefficient (Wildman–Crippen LogP) is 2.44. The lowest BCUT2D eigenvalue weighted by Gasteiger charge is -2.33. The van der Waals surface area contributed by atoms with Gasteiger partial charge in [0.2, 0.25) is 5.91 Å². The molecule has 7 nitrogen and oxygen atoms in total. The molecule has 2 N–H and O–H groups in total. The van der Waals surface area contributed by atoms with Crippen LogP contribution in [0, 0.1) is 0 Å². The van der Waals surface area contributed by atoms with E-state index in [2.05, 4.69) is 4.98 Å². The van der Waals surface area contributed by atoms with Gasteiger partial charge >= 0.3 is 0 Å². The molecule has 0 atom stereocenters. The van der Waals surface area contributed by atoms with Gasteiger partial charge in [0.1, 0.15) is 6.54 Å². The highest BCUT2D eigenvalue weighted by Crippen LogP contribution is 2.37. The van der Waals surface area contributed by atoms with Crippen molar-refractivity contribution in [2.45, 2.75) is 19.3 Å².